The van der Waals surface area contributed by atoms with Gasteiger partial charge in [0.15, 0.2) is 0 Å². The molecule has 1 aromatic heterocycles. The minimum Gasteiger partial charge on any atom is -0.385 e. The third-order valence-electron chi connectivity index (χ3n) is 5.73. The van der Waals surface area contributed by atoms with E-state index in [0.717, 1.165) is 17.5 Å². The molecule has 0 aliphatic heterocycles. The second kappa shape index (κ2) is 11.2. The van der Waals surface area contributed by atoms with Crippen molar-refractivity contribution in [2.45, 2.75) is 19.5 Å². The molecule has 0 fully saturated rings. The molecule has 0 aliphatic rings. The SMILES string of the molecule is COCCCNC(=O)c1ccc(Cn2c(=O)c3ccccc3n(Cc3cccc(Cl)c3)c2=O)cc1. The quantitative estimate of drug-likeness (QED) is 0.362. The molecule has 0 saturated heterocycles. The topological polar surface area (TPSA) is 82.3 Å². The molecule has 7 nitrogen and oxygen atoms in total. The van der Waals surface area contributed by atoms with Crippen molar-refractivity contribution in [3.05, 3.63) is 115 Å². The third-order valence-corrected chi connectivity index (χ3v) is 5.96. The molecule has 8 heteroatoms. The number of aromatic nitrogens is 2. The Morgan fingerprint density at radius 1 is 0.914 bits per heavy atom. The first-order valence-corrected chi connectivity index (χ1v) is 11.7. The molecule has 4 aromatic rings. The van der Waals surface area contributed by atoms with Crippen molar-refractivity contribution >= 4 is 28.4 Å². The van der Waals surface area contributed by atoms with E-state index in [0.29, 0.717) is 34.6 Å². The number of carbonyl (C=O) groups excluding carboxylic acids is 1. The summed E-state index contributed by atoms with van der Waals surface area (Å²) < 4.78 is 7.80. The molecule has 0 unspecified atom stereocenters. The van der Waals surface area contributed by atoms with Crippen molar-refractivity contribution in [2.24, 2.45) is 0 Å². The van der Waals surface area contributed by atoms with Crippen LogP contribution in [0.3, 0.4) is 0 Å². The highest BCUT2D eigenvalue weighted by atomic mass is 35.5. The summed E-state index contributed by atoms with van der Waals surface area (Å²) >= 11 is 6.13. The van der Waals surface area contributed by atoms with E-state index in [2.05, 4.69) is 5.32 Å². The van der Waals surface area contributed by atoms with Crippen LogP contribution in [0.15, 0.2) is 82.4 Å². The fraction of sp³-hybridized carbons (Fsp3) is 0.222. The van der Waals surface area contributed by atoms with E-state index in [-0.39, 0.29) is 24.6 Å². The first-order valence-electron chi connectivity index (χ1n) is 11.3. The molecule has 0 saturated carbocycles. The molecule has 35 heavy (non-hydrogen) atoms. The molecule has 0 aliphatic carbocycles. The van der Waals surface area contributed by atoms with Gasteiger partial charge in [0.05, 0.1) is 24.0 Å². The summed E-state index contributed by atoms with van der Waals surface area (Å²) in [6.45, 7) is 1.47. The number of carbonyl (C=O) groups is 1. The highest BCUT2D eigenvalue weighted by Crippen LogP contribution is 2.14. The van der Waals surface area contributed by atoms with Gasteiger partial charge in [0.1, 0.15) is 0 Å². The van der Waals surface area contributed by atoms with Crippen molar-refractivity contribution < 1.29 is 9.53 Å². The Morgan fingerprint density at radius 3 is 2.40 bits per heavy atom. The van der Waals surface area contributed by atoms with Crippen LogP contribution in [0.5, 0.6) is 0 Å². The average Bonchev–Trinajstić information content (AvgIpc) is 2.87. The second-order valence-electron chi connectivity index (χ2n) is 8.21. The van der Waals surface area contributed by atoms with Crippen LogP contribution >= 0.6 is 11.6 Å². The van der Waals surface area contributed by atoms with Gasteiger partial charge in [0.25, 0.3) is 11.5 Å². The number of fused-ring (bicyclic) bond motifs is 1. The molecule has 3 aromatic carbocycles. The summed E-state index contributed by atoms with van der Waals surface area (Å²) in [5.41, 5.74) is 1.91. The number of amides is 1. The normalized spacial score (nSPS) is 11.0. The molecule has 0 spiro atoms. The lowest BCUT2D eigenvalue weighted by Gasteiger charge is -2.15. The minimum atomic E-state index is -0.409. The number of methoxy groups -OCH3 is 1. The van der Waals surface area contributed by atoms with Crippen LogP contribution < -0.4 is 16.6 Å². The predicted molar refractivity (Wildman–Crippen MR) is 137 cm³/mol. The van der Waals surface area contributed by atoms with Crippen molar-refractivity contribution in [2.75, 3.05) is 20.3 Å². The largest absolute Gasteiger partial charge is 0.385 e. The van der Waals surface area contributed by atoms with Gasteiger partial charge in [-0.1, -0.05) is 48.0 Å². The van der Waals surface area contributed by atoms with Crippen molar-refractivity contribution in [1.29, 1.82) is 0 Å². The van der Waals surface area contributed by atoms with Gasteiger partial charge >= 0.3 is 5.69 Å². The van der Waals surface area contributed by atoms with E-state index in [4.69, 9.17) is 16.3 Å². The van der Waals surface area contributed by atoms with E-state index < -0.39 is 5.69 Å². The Morgan fingerprint density at radius 2 is 1.66 bits per heavy atom. The van der Waals surface area contributed by atoms with E-state index in [1.165, 1.54) is 4.57 Å². The summed E-state index contributed by atoms with van der Waals surface area (Å²) in [6, 6.07) is 21.3. The fourth-order valence-corrected chi connectivity index (χ4v) is 4.16. The van der Waals surface area contributed by atoms with Crippen molar-refractivity contribution in [3.8, 4) is 0 Å². The van der Waals surface area contributed by atoms with Gasteiger partial charge in [-0.15, -0.1) is 0 Å². The minimum absolute atomic E-state index is 0.0911. The molecule has 1 N–H and O–H groups in total. The van der Waals surface area contributed by atoms with Crippen LogP contribution in [0, 0.1) is 0 Å². The number of nitrogens with zero attached hydrogens (tertiary/aromatic N) is 2. The lowest BCUT2D eigenvalue weighted by atomic mass is 10.1. The van der Waals surface area contributed by atoms with Crippen LogP contribution in [-0.4, -0.2) is 35.3 Å². The molecule has 0 atom stereocenters. The zero-order chi connectivity index (χ0) is 24.8. The number of hydrogen-bond acceptors (Lipinski definition) is 4. The van der Waals surface area contributed by atoms with Crippen LogP contribution in [0.25, 0.3) is 10.9 Å². The van der Waals surface area contributed by atoms with Gasteiger partial charge in [-0.2, -0.15) is 0 Å². The molecule has 0 bridgehead atoms. The number of rotatable bonds is 9. The number of benzene rings is 3. The van der Waals surface area contributed by atoms with Gasteiger partial charge in [-0.25, -0.2) is 4.79 Å². The van der Waals surface area contributed by atoms with Gasteiger partial charge < -0.3 is 10.1 Å². The van der Waals surface area contributed by atoms with Gasteiger partial charge in [0.2, 0.25) is 0 Å². The number of hydrogen-bond donors (Lipinski definition) is 1. The lowest BCUT2D eigenvalue weighted by molar-refractivity contribution is 0.0948. The molecule has 1 amide bonds. The summed E-state index contributed by atoms with van der Waals surface area (Å²) in [6.07, 6.45) is 0.729. The summed E-state index contributed by atoms with van der Waals surface area (Å²) in [7, 11) is 1.62. The smallest absolute Gasteiger partial charge is 0.332 e. The van der Waals surface area contributed by atoms with Crippen LogP contribution in [0.2, 0.25) is 5.02 Å². The zero-order valence-corrected chi connectivity index (χ0v) is 20.1. The Kier molecular flexibility index (Phi) is 7.80. The molecular weight excluding hydrogens is 466 g/mol. The Hall–Kier alpha value is -3.68. The maximum atomic E-state index is 13.5. The molecule has 180 valence electrons. The standard InChI is InChI=1S/C27H26ClN3O4/c1-35-15-5-14-29-25(32)21-12-10-19(11-13-21)17-31-26(33)23-8-2-3-9-24(23)30(27(31)34)18-20-6-4-7-22(28)16-20/h2-4,6-13,16H,5,14-15,17-18H2,1H3,(H,29,32). The maximum Gasteiger partial charge on any atom is 0.332 e. The zero-order valence-electron chi connectivity index (χ0n) is 19.4. The van der Waals surface area contributed by atoms with Crippen LogP contribution in [0.4, 0.5) is 0 Å². The Bertz CT molecular complexity index is 1460. The number of halogens is 1. The molecule has 1 heterocycles. The number of ether oxygens (including phenoxy) is 1. The predicted octanol–water partition coefficient (Wildman–Crippen LogP) is 3.68. The summed E-state index contributed by atoms with van der Waals surface area (Å²) in [5.74, 6) is -0.181. The maximum absolute atomic E-state index is 13.5. The van der Waals surface area contributed by atoms with Crippen LogP contribution in [-0.2, 0) is 17.8 Å². The Balaban J connectivity index is 1.64. The molecule has 0 radical (unpaired) electrons. The highest BCUT2D eigenvalue weighted by Gasteiger charge is 2.14. The third kappa shape index (κ3) is 5.70. The Labute approximate surface area is 207 Å². The van der Waals surface area contributed by atoms with Crippen molar-refractivity contribution in [3.63, 3.8) is 0 Å². The van der Waals surface area contributed by atoms with Gasteiger partial charge in [0, 0.05) is 30.8 Å². The van der Waals surface area contributed by atoms with E-state index >= 15 is 0 Å². The summed E-state index contributed by atoms with van der Waals surface area (Å²) in [4.78, 5) is 39.0. The molecular formula is C27H26ClN3O4. The van der Waals surface area contributed by atoms with Crippen molar-refractivity contribution in [1.82, 2.24) is 14.5 Å². The van der Waals surface area contributed by atoms with Gasteiger partial charge in [-0.3, -0.25) is 18.7 Å². The first-order chi connectivity index (χ1) is 17.0. The first kappa shape index (κ1) is 24.4. The fourth-order valence-electron chi connectivity index (χ4n) is 3.95. The highest BCUT2D eigenvalue weighted by molar-refractivity contribution is 6.30. The van der Waals surface area contributed by atoms with Gasteiger partial charge in [-0.05, 0) is 53.9 Å². The summed E-state index contributed by atoms with van der Waals surface area (Å²) in [5, 5.41) is 3.88. The van der Waals surface area contributed by atoms with E-state index in [1.54, 1.807) is 72.3 Å². The number of nitrogens with one attached hydrogen (secondary N) is 1. The monoisotopic (exact) mass is 491 g/mol. The molecule has 4 rings (SSSR count). The van der Waals surface area contributed by atoms with E-state index in [9.17, 15) is 14.4 Å². The van der Waals surface area contributed by atoms with Crippen LogP contribution in [0.1, 0.15) is 27.9 Å². The second-order valence-corrected chi connectivity index (χ2v) is 8.64. The van der Waals surface area contributed by atoms with E-state index in [1.807, 2.05) is 12.1 Å². The number of para-hydroxylation sites is 1. The lowest BCUT2D eigenvalue weighted by Crippen LogP contribution is -2.40. The average molecular weight is 492 g/mol.